The van der Waals surface area contributed by atoms with Crippen molar-refractivity contribution in [3.05, 3.63) is 24.0 Å². The van der Waals surface area contributed by atoms with E-state index in [0.29, 0.717) is 38.5 Å². The molecule has 126 valence electrons. The molecule has 1 aliphatic rings. The fourth-order valence-electron chi connectivity index (χ4n) is 2.44. The van der Waals surface area contributed by atoms with E-state index in [-0.39, 0.29) is 18.0 Å². The Hall–Kier alpha value is -2.31. The molecule has 1 N–H and O–H groups in total. The van der Waals surface area contributed by atoms with Crippen LogP contribution in [0.2, 0.25) is 0 Å². The molecule has 23 heavy (non-hydrogen) atoms. The Morgan fingerprint density at radius 3 is 2.52 bits per heavy atom. The molecule has 2 amide bonds. The number of anilines is 1. The summed E-state index contributed by atoms with van der Waals surface area (Å²) in [7, 11) is 0. The van der Waals surface area contributed by atoms with Gasteiger partial charge in [0.05, 0.1) is 6.61 Å². The fourth-order valence-corrected chi connectivity index (χ4v) is 2.44. The highest BCUT2D eigenvalue weighted by Gasteiger charge is 2.26. The number of hydrogen-bond acceptors (Lipinski definition) is 5. The van der Waals surface area contributed by atoms with Gasteiger partial charge in [-0.2, -0.15) is 0 Å². The van der Waals surface area contributed by atoms with Gasteiger partial charge < -0.3 is 19.9 Å². The third kappa shape index (κ3) is 4.58. The molecule has 1 aromatic heterocycles. The van der Waals surface area contributed by atoms with Crippen molar-refractivity contribution in [2.45, 2.75) is 26.8 Å². The summed E-state index contributed by atoms with van der Waals surface area (Å²) in [5.41, 5.74) is 1.30. The number of carbonyl (C=O) groups excluding carboxylic acids is 2. The van der Waals surface area contributed by atoms with Crippen LogP contribution in [0, 0.1) is 0 Å². The Morgan fingerprint density at radius 1 is 1.26 bits per heavy atom. The molecule has 1 aliphatic heterocycles. The zero-order chi connectivity index (χ0) is 16.8. The average Bonchev–Trinajstić information content (AvgIpc) is 2.54. The van der Waals surface area contributed by atoms with Crippen molar-refractivity contribution in [2.75, 3.05) is 38.1 Å². The fraction of sp³-hybridized carbons (Fsp3) is 0.562. The summed E-state index contributed by atoms with van der Waals surface area (Å²) in [5, 5.41) is 3.26. The number of ether oxygens (including phenoxy) is 1. The maximum Gasteiger partial charge on any atom is 0.409 e. The first-order valence-electron chi connectivity index (χ1n) is 7.94. The maximum absolute atomic E-state index is 12.5. The molecule has 1 saturated heterocycles. The normalized spacial score (nSPS) is 14.8. The van der Waals surface area contributed by atoms with Gasteiger partial charge in [0.15, 0.2) is 0 Å². The molecule has 2 heterocycles. The van der Waals surface area contributed by atoms with E-state index in [4.69, 9.17) is 4.74 Å². The van der Waals surface area contributed by atoms with Gasteiger partial charge in [-0.25, -0.2) is 4.79 Å². The van der Waals surface area contributed by atoms with Crippen molar-refractivity contribution in [3.63, 3.8) is 0 Å². The van der Waals surface area contributed by atoms with Crippen LogP contribution in [0.25, 0.3) is 0 Å². The summed E-state index contributed by atoms with van der Waals surface area (Å²) in [6, 6.07) is 3.89. The van der Waals surface area contributed by atoms with Gasteiger partial charge in [0.1, 0.15) is 5.69 Å². The monoisotopic (exact) mass is 320 g/mol. The lowest BCUT2D eigenvalue weighted by Crippen LogP contribution is -2.50. The molecule has 0 radical (unpaired) electrons. The van der Waals surface area contributed by atoms with E-state index in [1.165, 1.54) is 0 Å². The molecular formula is C16H24N4O3. The second-order valence-electron chi connectivity index (χ2n) is 5.71. The van der Waals surface area contributed by atoms with Gasteiger partial charge in [0.2, 0.25) is 0 Å². The van der Waals surface area contributed by atoms with E-state index in [9.17, 15) is 9.59 Å². The molecule has 0 saturated carbocycles. The molecule has 0 bridgehead atoms. The highest BCUT2D eigenvalue weighted by atomic mass is 16.6. The third-order valence-electron chi connectivity index (χ3n) is 3.53. The number of rotatable bonds is 4. The summed E-state index contributed by atoms with van der Waals surface area (Å²) in [6.45, 7) is 8.15. The van der Waals surface area contributed by atoms with Crippen LogP contribution in [0.3, 0.4) is 0 Å². The number of hydrogen-bond donors (Lipinski definition) is 1. The molecular weight excluding hydrogens is 296 g/mol. The molecule has 0 atom stereocenters. The van der Waals surface area contributed by atoms with Crippen molar-refractivity contribution in [2.24, 2.45) is 0 Å². The first-order chi connectivity index (χ1) is 11.0. The Bertz CT molecular complexity index is 554. The van der Waals surface area contributed by atoms with Gasteiger partial charge >= 0.3 is 6.09 Å². The van der Waals surface area contributed by atoms with Crippen LogP contribution in [0.4, 0.5) is 10.5 Å². The second-order valence-corrected chi connectivity index (χ2v) is 5.71. The minimum Gasteiger partial charge on any atom is -0.450 e. The van der Waals surface area contributed by atoms with Crippen molar-refractivity contribution < 1.29 is 14.3 Å². The van der Waals surface area contributed by atoms with Gasteiger partial charge in [-0.05, 0) is 32.9 Å². The first-order valence-corrected chi connectivity index (χ1v) is 7.94. The van der Waals surface area contributed by atoms with Crippen molar-refractivity contribution >= 4 is 17.7 Å². The smallest absolute Gasteiger partial charge is 0.409 e. The van der Waals surface area contributed by atoms with Crippen LogP contribution in [-0.2, 0) is 4.74 Å². The van der Waals surface area contributed by atoms with Crippen LogP contribution in [0.5, 0.6) is 0 Å². The van der Waals surface area contributed by atoms with Crippen LogP contribution < -0.4 is 5.32 Å². The predicted octanol–water partition coefficient (Wildman–Crippen LogP) is 1.82. The van der Waals surface area contributed by atoms with E-state index in [1.807, 2.05) is 19.9 Å². The molecule has 7 nitrogen and oxygen atoms in total. The van der Waals surface area contributed by atoms with Gasteiger partial charge in [0, 0.05) is 44.1 Å². The molecule has 2 rings (SSSR count). The van der Waals surface area contributed by atoms with Crippen LogP contribution in [0.1, 0.15) is 31.3 Å². The summed E-state index contributed by atoms with van der Waals surface area (Å²) in [5.74, 6) is -0.110. The molecule has 0 spiro atoms. The van der Waals surface area contributed by atoms with Gasteiger partial charge in [0.25, 0.3) is 5.91 Å². The Morgan fingerprint density at radius 2 is 1.91 bits per heavy atom. The highest BCUT2D eigenvalue weighted by Crippen LogP contribution is 2.13. The van der Waals surface area contributed by atoms with Gasteiger partial charge in [-0.1, -0.05) is 0 Å². The number of amides is 2. The van der Waals surface area contributed by atoms with Crippen molar-refractivity contribution in [1.82, 2.24) is 14.8 Å². The number of carbonyl (C=O) groups is 2. The molecule has 0 aromatic carbocycles. The average molecular weight is 320 g/mol. The lowest BCUT2D eigenvalue weighted by Gasteiger charge is -2.33. The predicted molar refractivity (Wildman–Crippen MR) is 87.5 cm³/mol. The van der Waals surface area contributed by atoms with Gasteiger partial charge in [-0.15, -0.1) is 0 Å². The lowest BCUT2D eigenvalue weighted by atomic mass is 10.2. The van der Waals surface area contributed by atoms with E-state index >= 15 is 0 Å². The number of pyridine rings is 1. The van der Waals surface area contributed by atoms with E-state index in [1.54, 1.807) is 29.0 Å². The van der Waals surface area contributed by atoms with Crippen molar-refractivity contribution in [3.8, 4) is 0 Å². The summed E-state index contributed by atoms with van der Waals surface area (Å²) >= 11 is 0. The molecule has 0 unspecified atom stereocenters. The zero-order valence-corrected chi connectivity index (χ0v) is 13.9. The lowest BCUT2D eigenvalue weighted by molar-refractivity contribution is 0.0566. The SMILES string of the molecule is CCOC(=O)N1CCN(C(=O)c2cc(NC(C)C)ccn2)CC1. The number of nitrogens with one attached hydrogen (secondary N) is 1. The minimum atomic E-state index is -0.319. The summed E-state index contributed by atoms with van der Waals surface area (Å²) in [4.78, 5) is 31.7. The quantitative estimate of drug-likeness (QED) is 0.916. The molecule has 7 heteroatoms. The summed E-state index contributed by atoms with van der Waals surface area (Å²) in [6.07, 6.45) is 1.31. The molecule has 1 aromatic rings. The summed E-state index contributed by atoms with van der Waals surface area (Å²) < 4.78 is 4.98. The standard InChI is InChI=1S/C16H24N4O3/c1-4-23-16(22)20-9-7-19(8-10-20)15(21)14-11-13(5-6-17-14)18-12(2)3/h5-6,11-12H,4,7-10H2,1-3H3,(H,17,18). The van der Waals surface area contributed by atoms with Gasteiger partial charge in [-0.3, -0.25) is 9.78 Å². The third-order valence-corrected chi connectivity index (χ3v) is 3.53. The number of nitrogens with zero attached hydrogens (tertiary/aromatic N) is 3. The Labute approximate surface area is 136 Å². The van der Waals surface area contributed by atoms with E-state index < -0.39 is 0 Å². The maximum atomic E-state index is 12.5. The molecule has 1 fully saturated rings. The molecule has 0 aliphatic carbocycles. The van der Waals surface area contributed by atoms with E-state index in [0.717, 1.165) is 5.69 Å². The Kier molecular flexibility index (Phi) is 5.78. The largest absolute Gasteiger partial charge is 0.450 e. The van der Waals surface area contributed by atoms with Crippen LogP contribution in [0.15, 0.2) is 18.3 Å². The first kappa shape index (κ1) is 17.1. The minimum absolute atomic E-state index is 0.110. The van der Waals surface area contributed by atoms with Crippen LogP contribution >= 0.6 is 0 Å². The topological polar surface area (TPSA) is 74.8 Å². The second kappa shape index (κ2) is 7.80. The number of aromatic nitrogens is 1. The number of piperazine rings is 1. The highest BCUT2D eigenvalue weighted by molar-refractivity contribution is 5.93. The zero-order valence-electron chi connectivity index (χ0n) is 13.9. The van der Waals surface area contributed by atoms with Crippen LogP contribution in [-0.4, -0.2) is 65.6 Å². The van der Waals surface area contributed by atoms with Crippen molar-refractivity contribution in [1.29, 1.82) is 0 Å². The van der Waals surface area contributed by atoms with E-state index in [2.05, 4.69) is 10.3 Å². The Balaban J connectivity index is 1.96.